The number of thiocarbonyl (C=S) groups is 1. The van der Waals surface area contributed by atoms with Gasteiger partial charge in [-0.2, -0.15) is 0 Å². The second-order valence-electron chi connectivity index (χ2n) is 7.49. The van der Waals surface area contributed by atoms with Crippen LogP contribution < -0.4 is 30.2 Å². The number of nitrogens with one attached hydrogen (secondary N) is 3. The van der Waals surface area contributed by atoms with E-state index >= 15 is 0 Å². The first-order valence-electron chi connectivity index (χ1n) is 10.3. The van der Waals surface area contributed by atoms with Gasteiger partial charge in [0.1, 0.15) is 17.2 Å². The zero-order chi connectivity index (χ0) is 23.5. The van der Waals surface area contributed by atoms with E-state index in [1.54, 1.807) is 39.5 Å². The number of anilines is 1. The Morgan fingerprint density at radius 1 is 0.970 bits per heavy atom. The van der Waals surface area contributed by atoms with E-state index in [-0.39, 0.29) is 5.91 Å². The van der Waals surface area contributed by atoms with Gasteiger partial charge in [0.2, 0.25) is 0 Å². The minimum atomic E-state index is -0.524. The van der Waals surface area contributed by atoms with E-state index in [0.717, 1.165) is 16.3 Å². The summed E-state index contributed by atoms with van der Waals surface area (Å²) < 4.78 is 16.4. The van der Waals surface area contributed by atoms with E-state index in [1.165, 1.54) is 0 Å². The van der Waals surface area contributed by atoms with E-state index in [2.05, 4.69) is 16.0 Å². The van der Waals surface area contributed by atoms with Gasteiger partial charge in [-0.15, -0.1) is 0 Å². The molecule has 0 radical (unpaired) electrons. The molecule has 0 aliphatic carbocycles. The number of carbonyl (C=O) groups excluding carboxylic acids is 1. The molecular weight excluding hydrogens is 438 g/mol. The normalized spacial score (nSPS) is 15.5. The van der Waals surface area contributed by atoms with Crippen molar-refractivity contribution in [3.05, 3.63) is 71.4 Å². The summed E-state index contributed by atoms with van der Waals surface area (Å²) in [7, 11) is 4.73. The molecule has 0 saturated carbocycles. The Balaban J connectivity index is 1.81. The second kappa shape index (κ2) is 9.38. The first-order valence-corrected chi connectivity index (χ1v) is 10.7. The molecule has 8 heteroatoms. The standard InChI is InChI=1S/C25H25N3O4S/c1-14-21(24(29)27-18-11-10-16(30-2)13-20(18)32-4)23(28-25(33)26-14)22-17-8-6-5-7-15(17)9-12-19(22)31-3/h5-13,23H,1-4H3,(H,27,29)(H2,26,28,33). The summed E-state index contributed by atoms with van der Waals surface area (Å²) in [6.07, 6.45) is 0. The number of rotatable bonds is 6. The topological polar surface area (TPSA) is 80.9 Å². The second-order valence-corrected chi connectivity index (χ2v) is 7.90. The fourth-order valence-corrected chi connectivity index (χ4v) is 4.33. The fraction of sp³-hybridized carbons (Fsp3) is 0.200. The van der Waals surface area contributed by atoms with Crippen LogP contribution in [0.5, 0.6) is 17.2 Å². The maximum Gasteiger partial charge on any atom is 0.255 e. The predicted octanol–water partition coefficient (Wildman–Crippen LogP) is 4.30. The number of benzene rings is 3. The third kappa shape index (κ3) is 4.29. The largest absolute Gasteiger partial charge is 0.497 e. The number of fused-ring (bicyclic) bond motifs is 1. The van der Waals surface area contributed by atoms with Gasteiger partial charge >= 0.3 is 0 Å². The Bertz CT molecular complexity index is 1270. The van der Waals surface area contributed by atoms with E-state index in [9.17, 15) is 4.79 Å². The van der Waals surface area contributed by atoms with Crippen molar-refractivity contribution in [3.8, 4) is 17.2 Å². The molecule has 0 spiro atoms. The molecule has 3 N–H and O–H groups in total. The summed E-state index contributed by atoms with van der Waals surface area (Å²) in [5, 5.41) is 11.8. The van der Waals surface area contributed by atoms with Crippen molar-refractivity contribution >= 4 is 39.7 Å². The highest BCUT2D eigenvalue weighted by molar-refractivity contribution is 7.80. The van der Waals surface area contributed by atoms with Crippen molar-refractivity contribution in [1.82, 2.24) is 10.6 Å². The summed E-state index contributed by atoms with van der Waals surface area (Å²) in [4.78, 5) is 13.6. The molecule has 7 nitrogen and oxygen atoms in total. The molecule has 0 saturated heterocycles. The van der Waals surface area contributed by atoms with Gasteiger partial charge in [-0.05, 0) is 48.1 Å². The van der Waals surface area contributed by atoms with Gasteiger partial charge in [-0.25, -0.2) is 0 Å². The molecule has 0 aromatic heterocycles. The third-order valence-corrected chi connectivity index (χ3v) is 5.83. The van der Waals surface area contributed by atoms with Gasteiger partial charge < -0.3 is 30.2 Å². The summed E-state index contributed by atoms with van der Waals surface area (Å²) in [5.41, 5.74) is 2.52. The third-order valence-electron chi connectivity index (χ3n) is 5.61. The Kier molecular flexibility index (Phi) is 6.37. The van der Waals surface area contributed by atoms with Crippen LogP contribution in [0.25, 0.3) is 10.8 Å². The molecule has 33 heavy (non-hydrogen) atoms. The van der Waals surface area contributed by atoms with Crippen LogP contribution in [-0.4, -0.2) is 32.3 Å². The lowest BCUT2D eigenvalue weighted by Crippen LogP contribution is -2.46. The lowest BCUT2D eigenvalue weighted by Gasteiger charge is -2.32. The Morgan fingerprint density at radius 3 is 2.45 bits per heavy atom. The SMILES string of the molecule is COc1ccc(NC(=O)C2=C(C)NC(=S)NC2c2c(OC)ccc3ccccc23)c(OC)c1. The van der Waals surface area contributed by atoms with Crippen molar-refractivity contribution in [2.45, 2.75) is 13.0 Å². The van der Waals surface area contributed by atoms with Crippen LogP contribution in [0.1, 0.15) is 18.5 Å². The van der Waals surface area contributed by atoms with E-state index in [1.807, 2.05) is 43.3 Å². The number of hydrogen-bond donors (Lipinski definition) is 3. The molecule has 0 bridgehead atoms. The van der Waals surface area contributed by atoms with Crippen molar-refractivity contribution in [2.75, 3.05) is 26.6 Å². The zero-order valence-corrected chi connectivity index (χ0v) is 19.6. The monoisotopic (exact) mass is 463 g/mol. The number of ether oxygens (including phenoxy) is 3. The maximum atomic E-state index is 13.6. The summed E-state index contributed by atoms with van der Waals surface area (Å²) in [5.74, 6) is 1.49. The molecule has 3 aromatic carbocycles. The van der Waals surface area contributed by atoms with Crippen molar-refractivity contribution in [2.24, 2.45) is 0 Å². The molecule has 0 fully saturated rings. The maximum absolute atomic E-state index is 13.6. The lowest BCUT2D eigenvalue weighted by atomic mass is 9.90. The highest BCUT2D eigenvalue weighted by Gasteiger charge is 2.33. The first-order chi connectivity index (χ1) is 16.0. The highest BCUT2D eigenvalue weighted by Crippen LogP contribution is 2.39. The number of hydrogen-bond acceptors (Lipinski definition) is 5. The number of carbonyl (C=O) groups is 1. The van der Waals surface area contributed by atoms with Gasteiger partial charge in [-0.3, -0.25) is 4.79 Å². The molecular formula is C25H25N3O4S. The quantitative estimate of drug-likeness (QED) is 0.471. The molecule has 1 heterocycles. The number of methoxy groups -OCH3 is 3. The Hall–Kier alpha value is -3.78. The summed E-state index contributed by atoms with van der Waals surface area (Å²) >= 11 is 5.44. The van der Waals surface area contributed by atoms with Gasteiger partial charge in [0, 0.05) is 17.3 Å². The molecule has 1 atom stereocenters. The average molecular weight is 464 g/mol. The van der Waals surface area contributed by atoms with Crippen LogP contribution in [0, 0.1) is 0 Å². The van der Waals surface area contributed by atoms with Gasteiger partial charge in [0.25, 0.3) is 5.91 Å². The Labute approximate surface area is 197 Å². The molecule has 1 aliphatic rings. The van der Waals surface area contributed by atoms with Gasteiger partial charge in [-0.1, -0.05) is 30.3 Å². The van der Waals surface area contributed by atoms with Gasteiger partial charge in [0.15, 0.2) is 5.11 Å². The minimum absolute atomic E-state index is 0.293. The molecule has 1 aliphatic heterocycles. The van der Waals surface area contributed by atoms with E-state index in [0.29, 0.717) is 39.3 Å². The van der Waals surface area contributed by atoms with Crippen LogP contribution in [0.3, 0.4) is 0 Å². The van der Waals surface area contributed by atoms with Crippen LogP contribution >= 0.6 is 12.2 Å². The molecule has 1 unspecified atom stereocenters. The summed E-state index contributed by atoms with van der Waals surface area (Å²) in [6.45, 7) is 1.83. The van der Waals surface area contributed by atoms with E-state index in [4.69, 9.17) is 26.4 Å². The predicted molar refractivity (Wildman–Crippen MR) is 133 cm³/mol. The number of allylic oxidation sites excluding steroid dienone is 1. The molecule has 4 rings (SSSR count). The van der Waals surface area contributed by atoms with Crippen LogP contribution in [0.15, 0.2) is 65.9 Å². The molecule has 1 amide bonds. The van der Waals surface area contributed by atoms with Crippen molar-refractivity contribution in [1.29, 1.82) is 0 Å². The fourth-order valence-electron chi connectivity index (χ4n) is 4.05. The lowest BCUT2D eigenvalue weighted by molar-refractivity contribution is -0.113. The Morgan fingerprint density at radius 2 is 1.73 bits per heavy atom. The molecule has 170 valence electrons. The number of amides is 1. The van der Waals surface area contributed by atoms with E-state index < -0.39 is 6.04 Å². The van der Waals surface area contributed by atoms with Crippen molar-refractivity contribution < 1.29 is 19.0 Å². The highest BCUT2D eigenvalue weighted by atomic mass is 32.1. The summed E-state index contributed by atoms with van der Waals surface area (Å²) in [6, 6.07) is 16.6. The first kappa shape index (κ1) is 22.4. The average Bonchev–Trinajstić information content (AvgIpc) is 2.82. The van der Waals surface area contributed by atoms with Gasteiger partial charge in [0.05, 0.1) is 38.6 Å². The smallest absolute Gasteiger partial charge is 0.255 e. The minimum Gasteiger partial charge on any atom is -0.497 e. The van der Waals surface area contributed by atoms with Crippen LogP contribution in [0.4, 0.5) is 5.69 Å². The zero-order valence-electron chi connectivity index (χ0n) is 18.8. The van der Waals surface area contributed by atoms with Crippen LogP contribution in [0.2, 0.25) is 0 Å². The van der Waals surface area contributed by atoms with Crippen molar-refractivity contribution in [3.63, 3.8) is 0 Å². The molecule has 3 aromatic rings. The van der Waals surface area contributed by atoms with Crippen LogP contribution in [-0.2, 0) is 4.79 Å².